The van der Waals surface area contributed by atoms with Crippen LogP contribution in [0.5, 0.6) is 0 Å². The third kappa shape index (κ3) is 130. The SMILES string of the molecule is [Ni+2].[O]=[Ti]([O-])[O-].[O]=[Ti]([O-])[O-].[Sr+2]. The molecule has 0 rings (SSSR count). The Bertz CT molecular complexity index is 73.7. The molecular weight excluding hydrogens is 338 g/mol. The molecule has 0 atom stereocenters. The molecule has 0 fully saturated rings. The summed E-state index contributed by atoms with van der Waals surface area (Å²) < 4.78 is 51.5. The summed E-state index contributed by atoms with van der Waals surface area (Å²) in [7, 11) is 0. The minimum Gasteiger partial charge on any atom is 2.00 e. The van der Waals surface area contributed by atoms with Crippen LogP contribution in [-0.2, 0) is 60.4 Å². The fourth-order valence-corrected chi connectivity index (χ4v) is 0. The second-order valence-electron chi connectivity index (χ2n) is 0.500. The molecule has 0 unspecified atom stereocenters. The third-order valence-electron chi connectivity index (χ3n) is 0. The van der Waals surface area contributed by atoms with Crippen molar-refractivity contribution in [3.8, 4) is 0 Å². The van der Waals surface area contributed by atoms with Crippen molar-refractivity contribution in [3.63, 3.8) is 0 Å². The van der Waals surface area contributed by atoms with Gasteiger partial charge in [0.1, 0.15) is 0 Å². The summed E-state index contributed by atoms with van der Waals surface area (Å²) in [5.74, 6) is 0. The van der Waals surface area contributed by atoms with E-state index in [0.29, 0.717) is 0 Å². The zero-order valence-corrected chi connectivity index (χ0v) is 12.1. The van der Waals surface area contributed by atoms with Crippen molar-refractivity contribution >= 4 is 45.5 Å². The largest absolute Gasteiger partial charge is 2.00 e. The van der Waals surface area contributed by atoms with E-state index in [2.05, 4.69) is 0 Å². The minimum atomic E-state index is -4.08. The van der Waals surface area contributed by atoms with Crippen molar-refractivity contribution in [2.75, 3.05) is 0 Å². The van der Waals surface area contributed by atoms with E-state index < -0.39 is 37.2 Å². The van der Waals surface area contributed by atoms with E-state index >= 15 is 0 Å². The van der Waals surface area contributed by atoms with Crippen LogP contribution in [0, 0.1) is 0 Å². The molecule has 0 spiro atoms. The predicted octanol–water partition coefficient (Wildman–Crippen LogP) is -5.38. The van der Waals surface area contributed by atoms with Crippen LogP contribution in [0.25, 0.3) is 0 Å². The van der Waals surface area contributed by atoms with Gasteiger partial charge < -0.3 is 0 Å². The van der Waals surface area contributed by atoms with Gasteiger partial charge in [0.15, 0.2) is 0 Å². The standard InChI is InChI=1S/Ni.6O.Sr.2Ti/q+2;;;4*-1;+2;;. The van der Waals surface area contributed by atoms with E-state index in [0.717, 1.165) is 0 Å². The molecule has 0 N–H and O–H groups in total. The molecule has 56 valence electrons. The van der Waals surface area contributed by atoms with Crippen molar-refractivity contribution in [1.29, 1.82) is 0 Å². The fraction of sp³-hybridized carbons (Fsp3) is 0. The summed E-state index contributed by atoms with van der Waals surface area (Å²) >= 11 is -8.17. The second kappa shape index (κ2) is 17.8. The first kappa shape index (κ1) is 23.0. The summed E-state index contributed by atoms with van der Waals surface area (Å²) in [5, 5.41) is 0. The molecule has 0 aliphatic heterocycles. The first-order valence-electron chi connectivity index (χ1n) is 1.22. The number of rotatable bonds is 0. The maximum absolute atomic E-state index is 8.58. The second-order valence-corrected chi connectivity index (χ2v) is 2.06. The van der Waals surface area contributed by atoms with Gasteiger partial charge in [-0.1, -0.05) is 0 Å². The first-order chi connectivity index (χ1) is 3.46. The van der Waals surface area contributed by atoms with Gasteiger partial charge >= 0.3 is 121 Å². The van der Waals surface area contributed by atoms with Gasteiger partial charge in [-0.2, -0.15) is 0 Å². The molecule has 0 saturated heterocycles. The third-order valence-corrected chi connectivity index (χ3v) is 0. The zero-order chi connectivity index (χ0) is 7.15. The van der Waals surface area contributed by atoms with Crippen molar-refractivity contribution in [2.45, 2.75) is 0 Å². The first-order valence-corrected chi connectivity index (χ1v) is 5.05. The van der Waals surface area contributed by atoms with Gasteiger partial charge in [-0.05, 0) is 0 Å². The molecule has 0 amide bonds. The van der Waals surface area contributed by atoms with Crippen LogP contribution in [0.1, 0.15) is 0 Å². The molecule has 0 radical (unpaired) electrons. The predicted molar refractivity (Wildman–Crippen MR) is 7.13 cm³/mol. The zero-order valence-electron chi connectivity index (χ0n) is 4.47. The molecule has 10 heavy (non-hydrogen) atoms. The number of hydrogen-bond donors (Lipinski definition) is 0. The Morgan fingerprint density at radius 1 is 0.800 bits per heavy atom. The van der Waals surface area contributed by atoms with Crippen LogP contribution >= 0.6 is 0 Å². The summed E-state index contributed by atoms with van der Waals surface area (Å²) in [4.78, 5) is 0. The van der Waals surface area contributed by atoms with E-state index in [1.54, 1.807) is 0 Å². The van der Waals surface area contributed by atoms with E-state index in [1.165, 1.54) is 0 Å². The molecule has 0 bridgehead atoms. The smallest absolute Gasteiger partial charge is 2.00 e. The fourth-order valence-electron chi connectivity index (χ4n) is 0. The molecule has 0 aromatic rings. The van der Waals surface area contributed by atoms with Crippen LogP contribution in [0.2, 0.25) is 0 Å². The van der Waals surface area contributed by atoms with Gasteiger partial charge in [0.2, 0.25) is 0 Å². The Morgan fingerprint density at radius 2 is 0.800 bits per heavy atom. The molecule has 0 heterocycles. The molecule has 0 saturated carbocycles. The summed E-state index contributed by atoms with van der Waals surface area (Å²) in [6.45, 7) is 0. The minimum absolute atomic E-state index is 0. The Balaban J connectivity index is -0.0000000300. The van der Waals surface area contributed by atoms with Crippen LogP contribution in [0.15, 0.2) is 0 Å². The molecule has 0 aromatic carbocycles. The molecule has 0 aliphatic carbocycles. The van der Waals surface area contributed by atoms with E-state index in [-0.39, 0.29) is 62.0 Å². The van der Waals surface area contributed by atoms with Crippen molar-refractivity contribution < 1.29 is 75.1 Å². The quantitative estimate of drug-likeness (QED) is 0.406. The van der Waals surface area contributed by atoms with Gasteiger partial charge in [0.25, 0.3) is 0 Å². The summed E-state index contributed by atoms with van der Waals surface area (Å²) in [6, 6.07) is 0. The summed E-state index contributed by atoms with van der Waals surface area (Å²) in [5.41, 5.74) is 0. The normalized spacial score (nSPS) is 5.20. The van der Waals surface area contributed by atoms with E-state index in [4.69, 9.17) is 21.4 Å². The van der Waals surface area contributed by atoms with Gasteiger partial charge in [-0.15, -0.1) is 0 Å². The molecule has 0 aliphatic rings. The Hall–Kier alpha value is 2.84. The van der Waals surface area contributed by atoms with Gasteiger partial charge in [-0.3, -0.25) is 0 Å². The Morgan fingerprint density at radius 3 is 0.800 bits per heavy atom. The van der Waals surface area contributed by atoms with Crippen LogP contribution in [0.4, 0.5) is 0 Å². The van der Waals surface area contributed by atoms with Gasteiger partial charge in [-0.25, -0.2) is 0 Å². The Kier molecular flexibility index (Phi) is 41.0. The molecule has 6 nitrogen and oxygen atoms in total. The average molecular weight is 338 g/mol. The topological polar surface area (TPSA) is 126 Å². The van der Waals surface area contributed by atoms with Crippen molar-refractivity contribution in [3.05, 3.63) is 0 Å². The van der Waals surface area contributed by atoms with Crippen molar-refractivity contribution in [2.24, 2.45) is 0 Å². The molecule has 0 aromatic heterocycles. The number of hydrogen-bond acceptors (Lipinski definition) is 6. The molecular formula is NiO6SrTi2. The van der Waals surface area contributed by atoms with Crippen LogP contribution in [0.3, 0.4) is 0 Å². The van der Waals surface area contributed by atoms with E-state index in [1.807, 2.05) is 0 Å². The van der Waals surface area contributed by atoms with Crippen LogP contribution < -0.4 is 14.8 Å². The van der Waals surface area contributed by atoms with Crippen LogP contribution in [-0.4, -0.2) is 45.5 Å². The van der Waals surface area contributed by atoms with Gasteiger partial charge in [0.05, 0.1) is 0 Å². The maximum atomic E-state index is 8.58. The van der Waals surface area contributed by atoms with Crippen molar-refractivity contribution in [1.82, 2.24) is 0 Å². The summed E-state index contributed by atoms with van der Waals surface area (Å²) in [6.07, 6.45) is 0. The monoisotopic (exact) mass is 338 g/mol. The maximum Gasteiger partial charge on any atom is 2.00 e. The average Bonchev–Trinajstić information content (AvgIpc) is 1.25. The van der Waals surface area contributed by atoms with E-state index in [9.17, 15) is 0 Å². The molecule has 10 heteroatoms. The van der Waals surface area contributed by atoms with Gasteiger partial charge in [0, 0.05) is 0 Å². The Labute approximate surface area is 118 Å².